The number of benzene rings is 2. The minimum absolute atomic E-state index is 0.0164. The second-order valence-electron chi connectivity index (χ2n) is 17.4. The Morgan fingerprint density at radius 3 is 2.20 bits per heavy atom. The number of hydrogen-bond acceptors (Lipinski definition) is 8. The summed E-state index contributed by atoms with van der Waals surface area (Å²) in [5.74, 6) is 2.33. The SMILES string of the molecule is COc1cc(NC(=O)CC[C@H](NC(=O)CC[C@@H](C)[C@H]2CC[C@H]3[C@@H]4[C@H](O)C[C@@H]5C[C@H](O)CC[C@]5(C)[C@H]4CC[C@]23C)C(=O)OCc2ccccc2)cc(OC)c1. The number of esters is 1. The van der Waals surface area contributed by atoms with Crippen LogP contribution in [0.2, 0.25) is 0 Å². The van der Waals surface area contributed by atoms with Gasteiger partial charge in [0.1, 0.15) is 24.1 Å². The summed E-state index contributed by atoms with van der Waals surface area (Å²) in [4.78, 5) is 39.9. The molecule has 54 heavy (non-hydrogen) atoms. The predicted molar refractivity (Wildman–Crippen MR) is 207 cm³/mol. The van der Waals surface area contributed by atoms with Gasteiger partial charge in [-0.1, -0.05) is 51.1 Å². The monoisotopic (exact) mass is 746 g/mol. The van der Waals surface area contributed by atoms with Gasteiger partial charge in [0.15, 0.2) is 0 Å². The van der Waals surface area contributed by atoms with Gasteiger partial charge in [0.05, 0.1) is 26.4 Å². The van der Waals surface area contributed by atoms with Crippen LogP contribution < -0.4 is 20.1 Å². The number of amides is 2. The lowest BCUT2D eigenvalue weighted by Gasteiger charge is -2.62. The van der Waals surface area contributed by atoms with Gasteiger partial charge in [0.25, 0.3) is 0 Å². The summed E-state index contributed by atoms with van der Waals surface area (Å²) in [6.45, 7) is 7.22. The Labute approximate surface area is 321 Å². The van der Waals surface area contributed by atoms with Gasteiger partial charge in [-0.15, -0.1) is 0 Å². The highest BCUT2D eigenvalue weighted by molar-refractivity contribution is 5.92. The van der Waals surface area contributed by atoms with Gasteiger partial charge in [-0.2, -0.15) is 0 Å². The molecular formula is C44H62N2O8. The Balaban J connectivity index is 1.06. The Bertz CT molecular complexity index is 1600. The first-order valence-electron chi connectivity index (χ1n) is 20.2. The molecule has 2 aromatic carbocycles. The lowest BCUT2D eigenvalue weighted by Crippen LogP contribution is -2.58. The van der Waals surface area contributed by atoms with E-state index in [2.05, 4.69) is 31.4 Å². The molecule has 4 N–H and O–H groups in total. The minimum Gasteiger partial charge on any atom is -0.497 e. The lowest BCUT2D eigenvalue weighted by atomic mass is 9.43. The van der Waals surface area contributed by atoms with Crippen molar-refractivity contribution < 1.29 is 38.8 Å². The minimum atomic E-state index is -0.982. The van der Waals surface area contributed by atoms with E-state index in [0.717, 1.165) is 56.9 Å². The van der Waals surface area contributed by atoms with Crippen LogP contribution >= 0.6 is 0 Å². The maximum atomic E-state index is 13.5. The summed E-state index contributed by atoms with van der Waals surface area (Å²) in [7, 11) is 3.07. The van der Waals surface area contributed by atoms with Crippen molar-refractivity contribution in [2.24, 2.45) is 46.3 Å². The van der Waals surface area contributed by atoms with Crippen LogP contribution in [0.3, 0.4) is 0 Å². The number of fused-ring (bicyclic) bond motifs is 5. The maximum Gasteiger partial charge on any atom is 0.328 e. The van der Waals surface area contributed by atoms with Gasteiger partial charge < -0.3 is 35.1 Å². The molecule has 4 fully saturated rings. The third kappa shape index (κ3) is 8.60. The van der Waals surface area contributed by atoms with E-state index in [-0.39, 0.29) is 60.7 Å². The first-order valence-corrected chi connectivity index (χ1v) is 20.2. The fourth-order valence-electron chi connectivity index (χ4n) is 11.5. The number of ether oxygens (including phenoxy) is 3. The number of carbonyl (C=O) groups is 3. The molecule has 4 aliphatic carbocycles. The van der Waals surface area contributed by atoms with Crippen LogP contribution in [-0.4, -0.2) is 60.5 Å². The van der Waals surface area contributed by atoms with Crippen LogP contribution in [0.4, 0.5) is 5.69 Å². The molecule has 4 saturated carbocycles. The zero-order valence-electron chi connectivity index (χ0n) is 32.9. The molecule has 2 aromatic rings. The number of methoxy groups -OCH3 is 2. The van der Waals surface area contributed by atoms with Crippen molar-refractivity contribution >= 4 is 23.5 Å². The average molecular weight is 747 g/mol. The van der Waals surface area contributed by atoms with Gasteiger partial charge in [0, 0.05) is 36.7 Å². The molecule has 296 valence electrons. The summed E-state index contributed by atoms with van der Waals surface area (Å²) in [6.07, 6.45) is 8.47. The van der Waals surface area contributed by atoms with Gasteiger partial charge in [-0.3, -0.25) is 9.59 Å². The number of anilines is 1. The summed E-state index contributed by atoms with van der Waals surface area (Å²) in [5, 5.41) is 27.8. The highest BCUT2D eigenvalue weighted by Crippen LogP contribution is 2.68. The summed E-state index contributed by atoms with van der Waals surface area (Å²) >= 11 is 0. The molecule has 0 bridgehead atoms. The van der Waals surface area contributed by atoms with Gasteiger partial charge in [-0.25, -0.2) is 4.79 Å². The van der Waals surface area contributed by atoms with Crippen LogP contribution in [0.25, 0.3) is 0 Å². The lowest BCUT2D eigenvalue weighted by molar-refractivity contribution is -0.174. The number of nitrogens with one attached hydrogen (secondary N) is 2. The highest BCUT2D eigenvalue weighted by atomic mass is 16.5. The van der Waals surface area contributed by atoms with E-state index in [1.807, 2.05) is 30.3 Å². The van der Waals surface area contributed by atoms with Gasteiger partial charge in [0.2, 0.25) is 11.8 Å². The average Bonchev–Trinajstić information content (AvgIpc) is 3.52. The molecule has 0 aliphatic heterocycles. The number of aliphatic hydroxyl groups excluding tert-OH is 2. The first-order chi connectivity index (χ1) is 25.8. The smallest absolute Gasteiger partial charge is 0.328 e. The molecule has 0 spiro atoms. The fraction of sp³-hybridized carbons (Fsp3) is 0.659. The second kappa shape index (κ2) is 17.0. The van der Waals surface area contributed by atoms with E-state index in [9.17, 15) is 24.6 Å². The second-order valence-corrected chi connectivity index (χ2v) is 17.4. The van der Waals surface area contributed by atoms with Crippen molar-refractivity contribution in [1.82, 2.24) is 5.32 Å². The molecule has 11 atom stereocenters. The van der Waals surface area contributed by atoms with Crippen molar-refractivity contribution in [3.05, 3.63) is 54.1 Å². The van der Waals surface area contributed by atoms with Crippen LogP contribution in [0.1, 0.15) is 103 Å². The van der Waals surface area contributed by atoms with Gasteiger partial charge in [-0.05, 0) is 116 Å². The Morgan fingerprint density at radius 1 is 0.833 bits per heavy atom. The van der Waals surface area contributed by atoms with Crippen molar-refractivity contribution in [2.45, 2.75) is 123 Å². The molecule has 0 unspecified atom stereocenters. The van der Waals surface area contributed by atoms with E-state index in [0.29, 0.717) is 59.1 Å². The third-order valence-corrected chi connectivity index (χ3v) is 14.4. The molecular weight excluding hydrogens is 684 g/mol. The zero-order valence-corrected chi connectivity index (χ0v) is 32.9. The van der Waals surface area contributed by atoms with E-state index >= 15 is 0 Å². The van der Waals surface area contributed by atoms with Gasteiger partial charge >= 0.3 is 5.97 Å². The summed E-state index contributed by atoms with van der Waals surface area (Å²) in [5.41, 5.74) is 1.63. The summed E-state index contributed by atoms with van der Waals surface area (Å²) < 4.78 is 16.3. The number of hydrogen-bond donors (Lipinski definition) is 4. The van der Waals surface area contributed by atoms with E-state index in [1.54, 1.807) is 18.2 Å². The quantitative estimate of drug-likeness (QED) is 0.151. The molecule has 0 heterocycles. The third-order valence-electron chi connectivity index (χ3n) is 14.4. The topological polar surface area (TPSA) is 143 Å². The Morgan fingerprint density at radius 2 is 1.50 bits per heavy atom. The molecule has 6 rings (SSSR count). The van der Waals surface area contributed by atoms with Crippen LogP contribution in [0.5, 0.6) is 11.5 Å². The maximum absolute atomic E-state index is 13.5. The fourth-order valence-corrected chi connectivity index (χ4v) is 11.5. The Kier molecular flexibility index (Phi) is 12.6. The molecule has 0 saturated heterocycles. The molecule has 4 aliphatic rings. The first kappa shape index (κ1) is 40.0. The van der Waals surface area contributed by atoms with Crippen molar-refractivity contribution in [3.63, 3.8) is 0 Å². The highest BCUT2D eigenvalue weighted by Gasteiger charge is 2.62. The molecule has 2 amide bonds. The molecule has 10 heteroatoms. The number of carbonyl (C=O) groups excluding carboxylic acids is 3. The molecule has 10 nitrogen and oxygen atoms in total. The van der Waals surface area contributed by atoms with E-state index in [1.165, 1.54) is 14.2 Å². The van der Waals surface area contributed by atoms with Crippen LogP contribution in [-0.2, 0) is 25.7 Å². The number of aliphatic hydroxyl groups is 2. The van der Waals surface area contributed by atoms with Crippen molar-refractivity contribution in [2.75, 3.05) is 19.5 Å². The molecule has 0 aromatic heterocycles. The van der Waals surface area contributed by atoms with Crippen molar-refractivity contribution in [3.8, 4) is 11.5 Å². The standard InChI is InChI=1S/C44H62N2O8/c1-27(34-12-13-35-41-36(18-20-44(34,35)3)43(2)19-17-31(47)21-29(43)22-38(41)48)11-15-40(50)46-37(42(51)54-26-28-9-7-6-8-10-28)14-16-39(49)45-30-23-32(52-4)25-33(24-30)53-5/h6-10,23-25,27,29,31,34-38,41,47-48H,11-22,26H2,1-5H3,(H,45,49)(H,46,50)/t27-,29+,31-,34-,35+,36+,37+,38-,41+,43+,44-/m1/s1. The Hall–Kier alpha value is -3.63. The predicted octanol–water partition coefficient (Wildman–Crippen LogP) is 7.06. The molecule has 0 radical (unpaired) electrons. The number of rotatable bonds is 14. The largest absolute Gasteiger partial charge is 0.497 e. The van der Waals surface area contributed by atoms with E-state index < -0.39 is 12.0 Å². The van der Waals surface area contributed by atoms with Crippen LogP contribution in [0, 0.1) is 46.3 Å². The van der Waals surface area contributed by atoms with Crippen molar-refractivity contribution in [1.29, 1.82) is 0 Å². The van der Waals surface area contributed by atoms with Crippen LogP contribution in [0.15, 0.2) is 48.5 Å². The normalized spacial score (nSPS) is 32.5. The summed E-state index contributed by atoms with van der Waals surface area (Å²) in [6, 6.07) is 13.5. The van der Waals surface area contributed by atoms with E-state index in [4.69, 9.17) is 14.2 Å². The zero-order chi connectivity index (χ0) is 38.6.